The van der Waals surface area contributed by atoms with Crippen LogP contribution < -0.4 is 4.74 Å². The van der Waals surface area contributed by atoms with E-state index >= 15 is 0 Å². The van der Waals surface area contributed by atoms with Crippen molar-refractivity contribution in [1.29, 1.82) is 0 Å². The molecule has 2 rings (SSSR count). The summed E-state index contributed by atoms with van der Waals surface area (Å²) in [5.41, 5.74) is 3.61. The molecule has 0 aliphatic carbocycles. The van der Waals surface area contributed by atoms with Gasteiger partial charge in [0.25, 0.3) is 0 Å². The third-order valence-corrected chi connectivity index (χ3v) is 2.58. The fourth-order valence-electron chi connectivity index (χ4n) is 1.63. The van der Waals surface area contributed by atoms with E-state index in [1.54, 1.807) is 12.3 Å². The van der Waals surface area contributed by atoms with Gasteiger partial charge in [-0.2, -0.15) is 0 Å². The van der Waals surface area contributed by atoms with Crippen LogP contribution in [0, 0.1) is 6.92 Å². The summed E-state index contributed by atoms with van der Waals surface area (Å²) in [5, 5.41) is 0. The molecule has 0 fully saturated rings. The van der Waals surface area contributed by atoms with Gasteiger partial charge < -0.3 is 4.74 Å². The Hall–Kier alpha value is -2.16. The molecule has 0 aliphatic rings. The Morgan fingerprint density at radius 2 is 1.88 bits per heavy atom. The zero-order chi connectivity index (χ0) is 12.3. The van der Waals surface area contributed by atoms with Crippen LogP contribution in [-0.2, 0) is 0 Å². The van der Waals surface area contributed by atoms with Gasteiger partial charge in [0.2, 0.25) is 5.88 Å². The Balaban J connectivity index is 2.46. The molecule has 1 aromatic heterocycles. The van der Waals surface area contributed by atoms with Crippen molar-refractivity contribution in [3.63, 3.8) is 0 Å². The van der Waals surface area contributed by atoms with Crippen LogP contribution in [0.2, 0.25) is 0 Å². The van der Waals surface area contributed by atoms with Crippen molar-refractivity contribution in [3.8, 4) is 17.0 Å². The number of pyridine rings is 1. The summed E-state index contributed by atoms with van der Waals surface area (Å²) < 4.78 is 5.00. The van der Waals surface area contributed by atoms with Crippen molar-refractivity contribution in [2.45, 2.75) is 6.92 Å². The molecule has 0 N–H and O–H groups in total. The molecule has 2 aromatic rings. The lowest BCUT2D eigenvalue weighted by molar-refractivity contribution is 0.112. The first-order chi connectivity index (χ1) is 8.24. The van der Waals surface area contributed by atoms with E-state index in [0.29, 0.717) is 11.4 Å². The molecule has 1 heterocycles. The molecule has 0 aliphatic heterocycles. The highest BCUT2D eigenvalue weighted by atomic mass is 16.5. The van der Waals surface area contributed by atoms with E-state index in [0.717, 1.165) is 17.4 Å². The molecule has 0 saturated carbocycles. The number of methoxy groups -OCH3 is 1. The van der Waals surface area contributed by atoms with E-state index in [1.807, 2.05) is 31.2 Å². The molecular weight excluding hydrogens is 214 g/mol. The van der Waals surface area contributed by atoms with Crippen molar-refractivity contribution < 1.29 is 9.53 Å². The Bertz CT molecular complexity index is 532. The van der Waals surface area contributed by atoms with E-state index in [1.165, 1.54) is 12.7 Å². The summed E-state index contributed by atoms with van der Waals surface area (Å²) >= 11 is 0. The number of hydrogen-bond donors (Lipinski definition) is 0. The van der Waals surface area contributed by atoms with Crippen LogP contribution in [-0.4, -0.2) is 18.4 Å². The molecule has 3 heteroatoms. The lowest BCUT2D eigenvalue weighted by Crippen LogP contribution is -1.94. The summed E-state index contributed by atoms with van der Waals surface area (Å²) in [4.78, 5) is 15.0. The molecule has 17 heavy (non-hydrogen) atoms. The Morgan fingerprint density at radius 1 is 1.18 bits per heavy atom. The van der Waals surface area contributed by atoms with Gasteiger partial charge in [0.05, 0.1) is 12.7 Å². The fourth-order valence-corrected chi connectivity index (χ4v) is 1.63. The van der Waals surface area contributed by atoms with E-state index in [-0.39, 0.29) is 0 Å². The van der Waals surface area contributed by atoms with Gasteiger partial charge in [-0.1, -0.05) is 29.8 Å². The lowest BCUT2D eigenvalue weighted by atomic mass is 10.0. The van der Waals surface area contributed by atoms with Gasteiger partial charge >= 0.3 is 0 Å². The number of ether oxygens (including phenoxy) is 1. The molecule has 0 amide bonds. The number of aromatic nitrogens is 1. The van der Waals surface area contributed by atoms with Crippen molar-refractivity contribution in [2.75, 3.05) is 7.11 Å². The minimum atomic E-state index is 0.357. The van der Waals surface area contributed by atoms with Crippen molar-refractivity contribution >= 4 is 6.29 Å². The SMILES string of the molecule is COc1ncc(-c2ccc(C)cc2)cc1C=O. The predicted molar refractivity (Wildman–Crippen MR) is 66.3 cm³/mol. The molecule has 3 nitrogen and oxygen atoms in total. The van der Waals surface area contributed by atoms with Gasteiger partial charge in [-0.25, -0.2) is 4.98 Å². The number of carbonyl (C=O) groups is 1. The zero-order valence-electron chi connectivity index (χ0n) is 9.81. The highest BCUT2D eigenvalue weighted by Gasteiger charge is 2.06. The fraction of sp³-hybridized carbons (Fsp3) is 0.143. The standard InChI is InChI=1S/C14H13NO2/c1-10-3-5-11(6-4-10)12-7-13(9-16)14(17-2)15-8-12/h3-9H,1-2H3. The van der Waals surface area contributed by atoms with Crippen LogP contribution in [0.15, 0.2) is 36.5 Å². The minimum Gasteiger partial charge on any atom is -0.480 e. The summed E-state index contributed by atoms with van der Waals surface area (Å²) in [5.74, 6) is 0.357. The second-order valence-corrected chi connectivity index (χ2v) is 3.81. The van der Waals surface area contributed by atoms with E-state index in [9.17, 15) is 4.79 Å². The van der Waals surface area contributed by atoms with Gasteiger partial charge in [-0.15, -0.1) is 0 Å². The first-order valence-corrected chi connectivity index (χ1v) is 5.31. The maximum Gasteiger partial charge on any atom is 0.223 e. The smallest absolute Gasteiger partial charge is 0.223 e. The highest BCUT2D eigenvalue weighted by Crippen LogP contribution is 2.23. The number of carbonyl (C=O) groups excluding carboxylic acids is 1. The Morgan fingerprint density at radius 3 is 2.47 bits per heavy atom. The number of aryl methyl sites for hydroxylation is 1. The molecule has 0 bridgehead atoms. The van der Waals surface area contributed by atoms with E-state index < -0.39 is 0 Å². The van der Waals surface area contributed by atoms with Crippen molar-refractivity contribution in [3.05, 3.63) is 47.7 Å². The molecule has 0 saturated heterocycles. The number of hydrogen-bond acceptors (Lipinski definition) is 3. The van der Waals surface area contributed by atoms with E-state index in [4.69, 9.17) is 4.74 Å². The summed E-state index contributed by atoms with van der Waals surface area (Å²) in [6.07, 6.45) is 2.46. The average molecular weight is 227 g/mol. The highest BCUT2D eigenvalue weighted by molar-refractivity contribution is 5.81. The summed E-state index contributed by atoms with van der Waals surface area (Å²) in [6, 6.07) is 9.85. The van der Waals surface area contributed by atoms with Crippen molar-refractivity contribution in [2.24, 2.45) is 0 Å². The predicted octanol–water partition coefficient (Wildman–Crippen LogP) is 2.88. The monoisotopic (exact) mass is 227 g/mol. The summed E-state index contributed by atoms with van der Waals surface area (Å²) in [7, 11) is 1.50. The van der Waals surface area contributed by atoms with E-state index in [2.05, 4.69) is 4.98 Å². The van der Waals surface area contributed by atoms with Crippen LogP contribution in [0.5, 0.6) is 5.88 Å². The Labute approximate surface area is 100 Å². The third kappa shape index (κ3) is 2.33. The van der Waals surface area contributed by atoms with Gasteiger partial charge in [0.1, 0.15) is 0 Å². The maximum absolute atomic E-state index is 10.9. The topological polar surface area (TPSA) is 39.2 Å². The van der Waals surface area contributed by atoms with Gasteiger partial charge in [0, 0.05) is 11.8 Å². The zero-order valence-corrected chi connectivity index (χ0v) is 9.81. The van der Waals surface area contributed by atoms with Crippen LogP contribution >= 0.6 is 0 Å². The maximum atomic E-state index is 10.9. The average Bonchev–Trinajstić information content (AvgIpc) is 2.39. The number of rotatable bonds is 3. The lowest BCUT2D eigenvalue weighted by Gasteiger charge is -2.06. The summed E-state index contributed by atoms with van der Waals surface area (Å²) in [6.45, 7) is 2.03. The number of aldehydes is 1. The van der Waals surface area contributed by atoms with Crippen LogP contribution in [0.25, 0.3) is 11.1 Å². The molecule has 0 atom stereocenters. The van der Waals surface area contributed by atoms with Crippen molar-refractivity contribution in [1.82, 2.24) is 4.98 Å². The van der Waals surface area contributed by atoms with Crippen LogP contribution in [0.1, 0.15) is 15.9 Å². The Kier molecular flexibility index (Phi) is 3.19. The molecular formula is C14H13NO2. The van der Waals surface area contributed by atoms with Gasteiger partial charge in [-0.3, -0.25) is 4.79 Å². The van der Waals surface area contributed by atoms with Gasteiger partial charge in [-0.05, 0) is 18.6 Å². The third-order valence-electron chi connectivity index (χ3n) is 2.58. The minimum absolute atomic E-state index is 0.357. The molecule has 1 aromatic carbocycles. The molecule has 0 unspecified atom stereocenters. The quantitative estimate of drug-likeness (QED) is 0.757. The van der Waals surface area contributed by atoms with Crippen LogP contribution in [0.4, 0.5) is 0 Å². The molecule has 0 radical (unpaired) electrons. The molecule has 86 valence electrons. The second kappa shape index (κ2) is 4.78. The number of benzene rings is 1. The number of nitrogens with zero attached hydrogens (tertiary/aromatic N) is 1. The first kappa shape index (κ1) is 11.3. The van der Waals surface area contributed by atoms with Crippen LogP contribution in [0.3, 0.4) is 0 Å². The second-order valence-electron chi connectivity index (χ2n) is 3.81. The largest absolute Gasteiger partial charge is 0.480 e. The normalized spacial score (nSPS) is 10.0. The van der Waals surface area contributed by atoms with Gasteiger partial charge in [0.15, 0.2) is 6.29 Å². The molecule has 0 spiro atoms. The first-order valence-electron chi connectivity index (χ1n) is 5.31.